The molecule has 0 aliphatic carbocycles. The summed E-state index contributed by atoms with van der Waals surface area (Å²) in [6, 6.07) is 14.5. The highest BCUT2D eigenvalue weighted by Crippen LogP contribution is 2.22. The molecule has 0 fully saturated rings. The lowest BCUT2D eigenvalue weighted by atomic mass is 10.1. The number of hydrogen-bond acceptors (Lipinski definition) is 4. The zero-order valence-corrected chi connectivity index (χ0v) is 15.2. The first-order chi connectivity index (χ1) is 12.5. The molecule has 3 N–H and O–H groups in total. The number of carbonyl (C=O) groups is 2. The first-order valence-corrected chi connectivity index (χ1v) is 8.87. The smallest absolute Gasteiger partial charge is 0.320 e. The monoisotopic (exact) mass is 366 g/mol. The van der Waals surface area contributed by atoms with E-state index in [-0.39, 0.29) is 11.6 Å². The van der Waals surface area contributed by atoms with Crippen molar-refractivity contribution in [2.24, 2.45) is 0 Å². The van der Waals surface area contributed by atoms with Crippen LogP contribution in [0, 0.1) is 13.8 Å². The van der Waals surface area contributed by atoms with Gasteiger partial charge >= 0.3 is 6.03 Å². The van der Waals surface area contributed by atoms with Crippen LogP contribution in [0.15, 0.2) is 53.9 Å². The third kappa shape index (κ3) is 4.25. The molecule has 3 amide bonds. The van der Waals surface area contributed by atoms with E-state index in [1.165, 1.54) is 11.3 Å². The van der Waals surface area contributed by atoms with Gasteiger partial charge in [0.15, 0.2) is 5.13 Å². The van der Waals surface area contributed by atoms with Gasteiger partial charge in [-0.05, 0) is 37.1 Å². The largest absolute Gasteiger partial charge is 0.325 e. The number of thiazole rings is 1. The van der Waals surface area contributed by atoms with E-state index in [1.54, 1.807) is 17.5 Å². The third-order valence-corrected chi connectivity index (χ3v) is 4.47. The Kier molecular flexibility index (Phi) is 5.28. The fraction of sp³-hybridized carbons (Fsp3) is 0.105. The maximum Gasteiger partial charge on any atom is 0.325 e. The van der Waals surface area contributed by atoms with Crippen molar-refractivity contribution in [1.82, 2.24) is 4.98 Å². The average molecular weight is 366 g/mol. The molecule has 0 spiro atoms. The zero-order chi connectivity index (χ0) is 18.5. The Morgan fingerprint density at radius 3 is 2.27 bits per heavy atom. The second-order valence-electron chi connectivity index (χ2n) is 5.70. The van der Waals surface area contributed by atoms with E-state index in [1.807, 2.05) is 50.2 Å². The van der Waals surface area contributed by atoms with Crippen molar-refractivity contribution < 1.29 is 9.59 Å². The van der Waals surface area contributed by atoms with Crippen LogP contribution in [0.2, 0.25) is 0 Å². The van der Waals surface area contributed by atoms with Gasteiger partial charge in [-0.15, -0.1) is 11.3 Å². The zero-order valence-electron chi connectivity index (χ0n) is 14.4. The molecule has 6 nitrogen and oxygen atoms in total. The van der Waals surface area contributed by atoms with Crippen LogP contribution >= 0.6 is 11.3 Å². The van der Waals surface area contributed by atoms with E-state index in [0.29, 0.717) is 10.8 Å². The molecule has 3 aromatic rings. The lowest BCUT2D eigenvalue weighted by Crippen LogP contribution is -2.19. The van der Waals surface area contributed by atoms with Gasteiger partial charge in [0.05, 0.1) is 0 Å². The Balaban J connectivity index is 1.64. The number of nitrogens with one attached hydrogen (secondary N) is 3. The van der Waals surface area contributed by atoms with Gasteiger partial charge in [0.1, 0.15) is 5.69 Å². The molecule has 0 radical (unpaired) electrons. The Labute approximate surface area is 155 Å². The number of para-hydroxylation sites is 2. The molecule has 0 aliphatic rings. The second kappa shape index (κ2) is 7.79. The van der Waals surface area contributed by atoms with Gasteiger partial charge in [0.2, 0.25) is 0 Å². The van der Waals surface area contributed by atoms with Crippen molar-refractivity contribution in [2.75, 3.05) is 16.0 Å². The summed E-state index contributed by atoms with van der Waals surface area (Å²) in [5.41, 5.74) is 3.67. The summed E-state index contributed by atoms with van der Waals surface area (Å²) in [6.45, 7) is 3.87. The van der Waals surface area contributed by atoms with Gasteiger partial charge in [-0.2, -0.15) is 0 Å². The minimum atomic E-state index is -0.410. The van der Waals surface area contributed by atoms with E-state index >= 15 is 0 Å². The molecule has 1 heterocycles. The predicted octanol–water partition coefficient (Wildman–Crippen LogP) is 4.66. The maximum absolute atomic E-state index is 12.4. The van der Waals surface area contributed by atoms with Crippen LogP contribution < -0.4 is 16.0 Å². The van der Waals surface area contributed by atoms with E-state index in [2.05, 4.69) is 20.9 Å². The molecule has 0 atom stereocenters. The van der Waals surface area contributed by atoms with Gasteiger partial charge in [0.25, 0.3) is 5.91 Å². The Morgan fingerprint density at radius 2 is 1.58 bits per heavy atom. The number of aromatic nitrogens is 1. The first-order valence-electron chi connectivity index (χ1n) is 7.99. The SMILES string of the molecule is Cc1cccc(C)c1NC(=O)c1csc(NC(=O)Nc2ccccc2)n1. The number of nitrogens with zero attached hydrogens (tertiary/aromatic N) is 1. The standard InChI is InChI=1S/C19H18N4O2S/c1-12-7-6-8-13(2)16(12)22-17(24)15-11-26-19(21-15)23-18(25)20-14-9-4-3-5-10-14/h3-11H,1-2H3,(H,22,24)(H2,20,21,23,25). The maximum atomic E-state index is 12.4. The normalized spacial score (nSPS) is 10.2. The van der Waals surface area contributed by atoms with Crippen LogP contribution in [0.1, 0.15) is 21.6 Å². The number of urea groups is 1. The minimum Gasteiger partial charge on any atom is -0.320 e. The molecule has 0 bridgehead atoms. The van der Waals surface area contributed by atoms with Crippen LogP contribution in [0.5, 0.6) is 0 Å². The molecule has 7 heteroatoms. The number of rotatable bonds is 4. The van der Waals surface area contributed by atoms with Crippen LogP contribution in [0.4, 0.5) is 21.3 Å². The molecule has 2 aromatic carbocycles. The number of anilines is 3. The molecular formula is C19H18N4O2S. The van der Waals surface area contributed by atoms with Crippen molar-refractivity contribution in [1.29, 1.82) is 0 Å². The number of hydrogen-bond donors (Lipinski definition) is 3. The summed E-state index contributed by atoms with van der Waals surface area (Å²) in [5.74, 6) is -0.310. The lowest BCUT2D eigenvalue weighted by Gasteiger charge is -2.10. The average Bonchev–Trinajstić information content (AvgIpc) is 3.07. The highest BCUT2D eigenvalue weighted by Gasteiger charge is 2.14. The summed E-state index contributed by atoms with van der Waals surface area (Å²) >= 11 is 1.19. The number of amides is 3. The molecule has 3 rings (SSSR count). The quantitative estimate of drug-likeness (QED) is 0.628. The summed E-state index contributed by atoms with van der Waals surface area (Å²) in [4.78, 5) is 28.6. The lowest BCUT2D eigenvalue weighted by molar-refractivity contribution is 0.102. The van der Waals surface area contributed by atoms with E-state index in [0.717, 1.165) is 16.8 Å². The molecule has 1 aromatic heterocycles. The third-order valence-electron chi connectivity index (χ3n) is 3.71. The molecule has 132 valence electrons. The van der Waals surface area contributed by atoms with Crippen molar-refractivity contribution in [3.63, 3.8) is 0 Å². The van der Waals surface area contributed by atoms with Gasteiger partial charge in [-0.1, -0.05) is 36.4 Å². The van der Waals surface area contributed by atoms with Crippen molar-refractivity contribution in [3.05, 3.63) is 70.7 Å². The molecule has 0 aliphatic heterocycles. The van der Waals surface area contributed by atoms with Gasteiger partial charge < -0.3 is 10.6 Å². The van der Waals surface area contributed by atoms with Crippen LogP contribution in [0.25, 0.3) is 0 Å². The summed E-state index contributed by atoms with van der Waals surface area (Å²) < 4.78 is 0. The van der Waals surface area contributed by atoms with Crippen LogP contribution in [-0.4, -0.2) is 16.9 Å². The predicted molar refractivity (Wildman–Crippen MR) is 105 cm³/mol. The minimum absolute atomic E-state index is 0.257. The highest BCUT2D eigenvalue weighted by atomic mass is 32.1. The summed E-state index contributed by atoms with van der Waals surface area (Å²) in [6.07, 6.45) is 0. The highest BCUT2D eigenvalue weighted by molar-refractivity contribution is 7.14. The topological polar surface area (TPSA) is 83.1 Å². The summed E-state index contributed by atoms with van der Waals surface area (Å²) in [5, 5.41) is 10.2. The van der Waals surface area contributed by atoms with Gasteiger partial charge in [0, 0.05) is 16.8 Å². The molecule has 26 heavy (non-hydrogen) atoms. The van der Waals surface area contributed by atoms with Gasteiger partial charge in [-0.25, -0.2) is 9.78 Å². The van der Waals surface area contributed by atoms with Crippen molar-refractivity contribution >= 4 is 39.8 Å². The van der Waals surface area contributed by atoms with Crippen LogP contribution in [0.3, 0.4) is 0 Å². The molecule has 0 saturated heterocycles. The van der Waals surface area contributed by atoms with Crippen molar-refractivity contribution in [2.45, 2.75) is 13.8 Å². The number of aryl methyl sites for hydroxylation is 2. The number of benzene rings is 2. The molecule has 0 unspecified atom stereocenters. The van der Waals surface area contributed by atoms with Gasteiger partial charge in [-0.3, -0.25) is 10.1 Å². The summed E-state index contributed by atoms with van der Waals surface area (Å²) in [7, 11) is 0. The number of carbonyl (C=O) groups excluding carboxylic acids is 2. The fourth-order valence-electron chi connectivity index (χ4n) is 2.41. The van der Waals surface area contributed by atoms with Crippen LogP contribution in [-0.2, 0) is 0 Å². The van der Waals surface area contributed by atoms with Crippen molar-refractivity contribution in [3.8, 4) is 0 Å². The second-order valence-corrected chi connectivity index (χ2v) is 6.56. The molecular weight excluding hydrogens is 348 g/mol. The Bertz CT molecular complexity index is 917. The van der Waals surface area contributed by atoms with E-state index in [4.69, 9.17) is 0 Å². The van der Waals surface area contributed by atoms with E-state index < -0.39 is 6.03 Å². The fourth-order valence-corrected chi connectivity index (χ4v) is 3.09. The first kappa shape index (κ1) is 17.6. The Morgan fingerprint density at radius 1 is 0.885 bits per heavy atom. The molecule has 0 saturated carbocycles. The Hall–Kier alpha value is -3.19. The van der Waals surface area contributed by atoms with E-state index in [9.17, 15) is 9.59 Å².